The number of aliphatic hydroxyl groups is 1. The third kappa shape index (κ3) is 2.98. The number of likely N-dealkylation sites (tertiary alicyclic amines) is 1. The van der Waals surface area contributed by atoms with E-state index in [1.807, 2.05) is 34.6 Å². The molecule has 2 bridgehead atoms. The minimum absolute atomic E-state index is 0.0236. The standard InChI is InChI=1S/C21H34N2O6/c1-7-13(10-24)23-16(17(25)22-11(3)4)21-9-12(5)20(6,29-21)15(14(21)18(23)26)19(27)28-8-2/h11-16,24H,7-10H2,1-6H3,(H,22,25)/t12?,13-,14-,15-,16?,20+,21?/m0/s1. The number of hydrogen-bond donors (Lipinski definition) is 2. The number of nitrogens with zero attached hydrogens (tertiary/aromatic N) is 1. The highest BCUT2D eigenvalue weighted by atomic mass is 16.6. The summed E-state index contributed by atoms with van der Waals surface area (Å²) in [4.78, 5) is 41.3. The van der Waals surface area contributed by atoms with Crippen LogP contribution in [-0.4, -0.2) is 70.3 Å². The van der Waals surface area contributed by atoms with Gasteiger partial charge in [0.05, 0.1) is 30.8 Å². The van der Waals surface area contributed by atoms with Gasteiger partial charge < -0.3 is 24.8 Å². The van der Waals surface area contributed by atoms with Crippen molar-refractivity contribution in [3.63, 3.8) is 0 Å². The number of carbonyl (C=O) groups excluding carboxylic acids is 3. The number of esters is 1. The molecular weight excluding hydrogens is 376 g/mol. The normalized spacial score (nSPS) is 39.0. The number of fused-ring (bicyclic) bond motifs is 1. The lowest BCUT2D eigenvalue weighted by Crippen LogP contribution is -2.58. The van der Waals surface area contributed by atoms with E-state index in [0.717, 1.165) is 0 Å². The molecule has 1 spiro atoms. The van der Waals surface area contributed by atoms with E-state index in [2.05, 4.69) is 5.32 Å². The SMILES string of the molecule is CCOC(=O)[C@@H]1[C@H]2C(=O)N([C@@H](CC)CO)C(C(=O)NC(C)C)C23CC(C)[C@@]1(C)O3. The molecule has 2 amide bonds. The zero-order valence-corrected chi connectivity index (χ0v) is 18.2. The van der Waals surface area contributed by atoms with E-state index in [4.69, 9.17) is 9.47 Å². The number of rotatable bonds is 7. The molecule has 7 atom stereocenters. The highest BCUT2D eigenvalue weighted by Gasteiger charge is 2.80. The van der Waals surface area contributed by atoms with Crippen LogP contribution in [0, 0.1) is 17.8 Å². The summed E-state index contributed by atoms with van der Waals surface area (Å²) in [5, 5.41) is 12.8. The molecule has 0 aliphatic carbocycles. The van der Waals surface area contributed by atoms with Gasteiger partial charge in [0.2, 0.25) is 11.8 Å². The van der Waals surface area contributed by atoms with Crippen molar-refractivity contribution in [1.82, 2.24) is 10.2 Å². The summed E-state index contributed by atoms with van der Waals surface area (Å²) in [6.07, 6.45) is 0.998. The zero-order valence-electron chi connectivity index (χ0n) is 18.2. The fraction of sp³-hybridized carbons (Fsp3) is 0.857. The molecular formula is C21H34N2O6. The van der Waals surface area contributed by atoms with Gasteiger partial charge in [-0.05, 0) is 46.5 Å². The summed E-state index contributed by atoms with van der Waals surface area (Å²) in [5.41, 5.74) is -1.96. The van der Waals surface area contributed by atoms with Crippen LogP contribution < -0.4 is 5.32 Å². The molecule has 0 aromatic rings. The number of amides is 2. The van der Waals surface area contributed by atoms with E-state index in [1.54, 1.807) is 6.92 Å². The Labute approximate surface area is 172 Å². The van der Waals surface area contributed by atoms with E-state index in [9.17, 15) is 19.5 Å². The Kier molecular flexibility index (Phi) is 5.73. The van der Waals surface area contributed by atoms with Gasteiger partial charge >= 0.3 is 5.97 Å². The minimum Gasteiger partial charge on any atom is -0.466 e. The van der Waals surface area contributed by atoms with E-state index in [1.165, 1.54) is 4.90 Å². The van der Waals surface area contributed by atoms with Crippen molar-refractivity contribution in [2.24, 2.45) is 17.8 Å². The first kappa shape index (κ1) is 22.0. The second kappa shape index (κ2) is 7.54. The molecule has 3 heterocycles. The van der Waals surface area contributed by atoms with Crippen molar-refractivity contribution in [3.8, 4) is 0 Å². The Morgan fingerprint density at radius 2 is 2.03 bits per heavy atom. The van der Waals surface area contributed by atoms with Crippen LogP contribution in [0.1, 0.15) is 54.4 Å². The predicted molar refractivity (Wildman–Crippen MR) is 105 cm³/mol. The number of carbonyl (C=O) groups is 3. The summed E-state index contributed by atoms with van der Waals surface area (Å²) in [6, 6.07) is -1.52. The van der Waals surface area contributed by atoms with Crippen LogP contribution in [0.2, 0.25) is 0 Å². The maximum Gasteiger partial charge on any atom is 0.312 e. The fourth-order valence-electron chi connectivity index (χ4n) is 5.74. The molecule has 8 nitrogen and oxygen atoms in total. The molecule has 2 N–H and O–H groups in total. The first-order valence-corrected chi connectivity index (χ1v) is 10.7. The van der Waals surface area contributed by atoms with Gasteiger partial charge in [-0.1, -0.05) is 13.8 Å². The van der Waals surface area contributed by atoms with Crippen LogP contribution in [0.4, 0.5) is 0 Å². The molecule has 0 radical (unpaired) electrons. The van der Waals surface area contributed by atoms with Crippen LogP contribution in [0.25, 0.3) is 0 Å². The molecule has 0 aromatic heterocycles. The quantitative estimate of drug-likeness (QED) is 0.603. The molecule has 29 heavy (non-hydrogen) atoms. The van der Waals surface area contributed by atoms with Gasteiger partial charge in [-0.25, -0.2) is 0 Å². The second-order valence-corrected chi connectivity index (χ2v) is 9.11. The van der Waals surface area contributed by atoms with Crippen molar-refractivity contribution in [3.05, 3.63) is 0 Å². The van der Waals surface area contributed by atoms with Crippen molar-refractivity contribution >= 4 is 17.8 Å². The molecule has 164 valence electrons. The first-order chi connectivity index (χ1) is 13.6. The molecule has 0 aromatic carbocycles. The van der Waals surface area contributed by atoms with E-state index in [-0.39, 0.29) is 37.0 Å². The molecule has 3 fully saturated rings. The molecule has 3 rings (SSSR count). The van der Waals surface area contributed by atoms with Gasteiger partial charge in [0.15, 0.2) is 0 Å². The van der Waals surface area contributed by atoms with Crippen LogP contribution in [0.15, 0.2) is 0 Å². The minimum atomic E-state index is -1.09. The van der Waals surface area contributed by atoms with Gasteiger partial charge in [0.25, 0.3) is 0 Å². The zero-order chi connectivity index (χ0) is 21.7. The Morgan fingerprint density at radius 3 is 2.55 bits per heavy atom. The monoisotopic (exact) mass is 410 g/mol. The largest absolute Gasteiger partial charge is 0.466 e. The van der Waals surface area contributed by atoms with Crippen LogP contribution >= 0.6 is 0 Å². The highest BCUT2D eigenvalue weighted by Crippen LogP contribution is 2.65. The van der Waals surface area contributed by atoms with Crippen LogP contribution in [0.3, 0.4) is 0 Å². The fourth-order valence-corrected chi connectivity index (χ4v) is 5.74. The maximum absolute atomic E-state index is 13.6. The summed E-state index contributed by atoms with van der Waals surface area (Å²) >= 11 is 0. The Bertz CT molecular complexity index is 693. The lowest BCUT2D eigenvalue weighted by Gasteiger charge is -2.37. The van der Waals surface area contributed by atoms with Crippen molar-refractivity contribution < 1.29 is 29.0 Å². The van der Waals surface area contributed by atoms with E-state index < -0.39 is 41.1 Å². The smallest absolute Gasteiger partial charge is 0.312 e. The summed E-state index contributed by atoms with van der Waals surface area (Å²) in [5.74, 6) is -2.64. The Balaban J connectivity index is 2.13. The lowest BCUT2D eigenvalue weighted by atomic mass is 9.62. The van der Waals surface area contributed by atoms with Crippen molar-refractivity contribution in [1.29, 1.82) is 0 Å². The third-order valence-corrected chi connectivity index (χ3v) is 7.05. The molecule has 3 aliphatic heterocycles. The predicted octanol–water partition coefficient (Wildman–Crippen LogP) is 0.856. The van der Waals surface area contributed by atoms with Crippen molar-refractivity contribution in [2.75, 3.05) is 13.2 Å². The number of hydrogen-bond acceptors (Lipinski definition) is 6. The molecule has 0 saturated carbocycles. The van der Waals surface area contributed by atoms with E-state index in [0.29, 0.717) is 12.8 Å². The molecule has 8 heteroatoms. The van der Waals surface area contributed by atoms with Crippen LogP contribution in [0.5, 0.6) is 0 Å². The number of ether oxygens (including phenoxy) is 2. The van der Waals surface area contributed by atoms with Gasteiger partial charge in [-0.3, -0.25) is 14.4 Å². The number of aliphatic hydroxyl groups excluding tert-OH is 1. The topological polar surface area (TPSA) is 105 Å². The third-order valence-electron chi connectivity index (χ3n) is 7.05. The Hall–Kier alpha value is -1.67. The lowest BCUT2D eigenvalue weighted by molar-refractivity contribution is -0.162. The maximum atomic E-state index is 13.6. The molecule has 3 unspecified atom stereocenters. The van der Waals surface area contributed by atoms with Crippen molar-refractivity contribution in [2.45, 2.75) is 83.7 Å². The average molecular weight is 411 g/mol. The van der Waals surface area contributed by atoms with Gasteiger partial charge in [-0.2, -0.15) is 0 Å². The van der Waals surface area contributed by atoms with Gasteiger partial charge in [-0.15, -0.1) is 0 Å². The van der Waals surface area contributed by atoms with Gasteiger partial charge in [0, 0.05) is 6.04 Å². The summed E-state index contributed by atoms with van der Waals surface area (Å²) in [7, 11) is 0. The summed E-state index contributed by atoms with van der Waals surface area (Å²) < 4.78 is 11.8. The average Bonchev–Trinajstić information content (AvgIpc) is 3.14. The first-order valence-electron chi connectivity index (χ1n) is 10.7. The summed E-state index contributed by atoms with van der Waals surface area (Å²) in [6.45, 7) is 11.1. The molecule has 3 aliphatic rings. The van der Waals surface area contributed by atoms with E-state index >= 15 is 0 Å². The number of nitrogens with one attached hydrogen (secondary N) is 1. The highest BCUT2D eigenvalue weighted by molar-refractivity contribution is 5.98. The molecule has 3 saturated heterocycles. The van der Waals surface area contributed by atoms with Crippen LogP contribution in [-0.2, 0) is 23.9 Å². The van der Waals surface area contributed by atoms with Gasteiger partial charge in [0.1, 0.15) is 17.6 Å². The second-order valence-electron chi connectivity index (χ2n) is 9.11. The Morgan fingerprint density at radius 1 is 1.38 bits per heavy atom.